The van der Waals surface area contributed by atoms with Gasteiger partial charge in [-0.15, -0.1) is 0 Å². The number of allylic oxidation sites excluding steroid dienone is 2. The van der Waals surface area contributed by atoms with Crippen molar-refractivity contribution in [2.75, 3.05) is 13.2 Å². The lowest BCUT2D eigenvalue weighted by Crippen LogP contribution is -2.51. The molecular weight excluding hydrogens is 410 g/mol. The largest absolute Gasteiger partial charge is 0.449 e. The highest BCUT2D eigenvalue weighted by Crippen LogP contribution is 2.39. The molecule has 1 saturated heterocycles. The van der Waals surface area contributed by atoms with Crippen LogP contribution in [0.3, 0.4) is 0 Å². The molecule has 1 unspecified atom stereocenters. The van der Waals surface area contributed by atoms with Crippen molar-refractivity contribution in [3.8, 4) is 0 Å². The Labute approximate surface area is 190 Å². The minimum atomic E-state index is -0.795. The maximum Gasteiger partial charge on any atom is 0.407 e. The number of hydrogen-bond donors (Lipinski definition) is 3. The van der Waals surface area contributed by atoms with Crippen molar-refractivity contribution in [2.45, 2.75) is 70.9 Å². The van der Waals surface area contributed by atoms with Crippen LogP contribution in [0.1, 0.15) is 58.8 Å². The first-order valence-corrected chi connectivity index (χ1v) is 12.0. The first kappa shape index (κ1) is 24.3. The van der Waals surface area contributed by atoms with Crippen LogP contribution in [0.5, 0.6) is 0 Å². The summed E-state index contributed by atoms with van der Waals surface area (Å²) in [5.41, 5.74) is 0. The van der Waals surface area contributed by atoms with Crippen molar-refractivity contribution in [3.05, 3.63) is 12.2 Å². The molecule has 2 bridgehead atoms. The van der Waals surface area contributed by atoms with Gasteiger partial charge in [-0.3, -0.25) is 9.59 Å². The van der Waals surface area contributed by atoms with Gasteiger partial charge in [0.15, 0.2) is 0 Å². The molecule has 1 saturated carbocycles. The maximum atomic E-state index is 12.8. The molecular formula is C24H37N3O5. The second kappa shape index (κ2) is 11.5. The SMILES string of the molecule is CC(C)C[C@H](NC(=O)OCC1C[C@@H]2C=CC[C@H](C1)C2)C(=O)N[C@H](C=O)C[C@@H]1CCNC1=O. The van der Waals surface area contributed by atoms with E-state index < -0.39 is 24.1 Å². The maximum absolute atomic E-state index is 12.8. The van der Waals surface area contributed by atoms with E-state index in [0.29, 0.717) is 50.0 Å². The summed E-state index contributed by atoms with van der Waals surface area (Å²) in [6.07, 6.45) is 10.4. The minimum Gasteiger partial charge on any atom is -0.449 e. The number of rotatable bonds is 10. The molecule has 6 atom stereocenters. The molecule has 2 fully saturated rings. The van der Waals surface area contributed by atoms with Crippen LogP contribution in [0.15, 0.2) is 12.2 Å². The number of ether oxygens (including phenoxy) is 1. The predicted octanol–water partition coefficient (Wildman–Crippen LogP) is 2.33. The van der Waals surface area contributed by atoms with Gasteiger partial charge in [-0.25, -0.2) is 4.79 Å². The van der Waals surface area contributed by atoms with Crippen LogP contribution < -0.4 is 16.0 Å². The van der Waals surface area contributed by atoms with Crippen molar-refractivity contribution < 1.29 is 23.9 Å². The van der Waals surface area contributed by atoms with Gasteiger partial charge in [0.1, 0.15) is 12.3 Å². The summed E-state index contributed by atoms with van der Waals surface area (Å²) in [5, 5.41) is 8.12. The van der Waals surface area contributed by atoms with E-state index in [1.165, 1.54) is 6.42 Å². The fourth-order valence-electron chi connectivity index (χ4n) is 5.25. The summed E-state index contributed by atoms with van der Waals surface area (Å²) in [6, 6.07) is -1.56. The zero-order valence-electron chi connectivity index (χ0n) is 19.2. The number of fused-ring (bicyclic) bond motifs is 2. The zero-order valence-corrected chi connectivity index (χ0v) is 19.2. The Balaban J connectivity index is 1.48. The molecule has 3 rings (SSSR count). The van der Waals surface area contributed by atoms with E-state index in [0.717, 1.165) is 19.3 Å². The lowest BCUT2D eigenvalue weighted by atomic mass is 9.71. The smallest absolute Gasteiger partial charge is 0.407 e. The number of carbonyl (C=O) groups excluding carboxylic acids is 4. The summed E-state index contributed by atoms with van der Waals surface area (Å²) in [5.74, 6) is 0.974. The van der Waals surface area contributed by atoms with E-state index in [1.54, 1.807) is 0 Å². The molecule has 0 spiro atoms. The van der Waals surface area contributed by atoms with Crippen LogP contribution >= 0.6 is 0 Å². The van der Waals surface area contributed by atoms with Gasteiger partial charge in [0, 0.05) is 12.5 Å². The van der Waals surface area contributed by atoms with Crippen LogP contribution in [0, 0.1) is 29.6 Å². The summed E-state index contributed by atoms with van der Waals surface area (Å²) in [4.78, 5) is 48.6. The van der Waals surface area contributed by atoms with Crippen molar-refractivity contribution in [1.82, 2.24) is 16.0 Å². The number of amides is 3. The average Bonchev–Trinajstić information content (AvgIpc) is 3.15. The van der Waals surface area contributed by atoms with Gasteiger partial charge in [-0.1, -0.05) is 26.0 Å². The van der Waals surface area contributed by atoms with Crippen LogP contribution in [-0.2, 0) is 19.1 Å². The zero-order chi connectivity index (χ0) is 23.1. The number of hydrogen-bond acceptors (Lipinski definition) is 5. The molecule has 0 aromatic carbocycles. The minimum absolute atomic E-state index is 0.0890. The molecule has 3 amide bonds. The fourth-order valence-corrected chi connectivity index (χ4v) is 5.25. The predicted molar refractivity (Wildman–Crippen MR) is 120 cm³/mol. The lowest BCUT2D eigenvalue weighted by molar-refractivity contribution is -0.127. The topological polar surface area (TPSA) is 114 Å². The Morgan fingerprint density at radius 3 is 2.72 bits per heavy atom. The summed E-state index contributed by atoms with van der Waals surface area (Å²) in [7, 11) is 0. The van der Waals surface area contributed by atoms with Gasteiger partial charge in [-0.2, -0.15) is 0 Å². The molecule has 3 N–H and O–H groups in total. The second-order valence-corrected chi connectivity index (χ2v) is 10.1. The van der Waals surface area contributed by atoms with Crippen LogP contribution in [0.2, 0.25) is 0 Å². The summed E-state index contributed by atoms with van der Waals surface area (Å²) < 4.78 is 5.49. The van der Waals surface area contributed by atoms with Crippen molar-refractivity contribution >= 4 is 24.2 Å². The average molecular weight is 448 g/mol. The molecule has 3 aliphatic rings. The van der Waals surface area contributed by atoms with Crippen LogP contribution in [0.4, 0.5) is 4.79 Å². The van der Waals surface area contributed by atoms with E-state index in [-0.39, 0.29) is 24.2 Å². The molecule has 8 heteroatoms. The number of nitrogens with one attached hydrogen (secondary N) is 3. The Hall–Kier alpha value is -2.38. The van der Waals surface area contributed by atoms with Gasteiger partial charge >= 0.3 is 6.09 Å². The van der Waals surface area contributed by atoms with E-state index in [9.17, 15) is 19.2 Å². The van der Waals surface area contributed by atoms with Crippen molar-refractivity contribution in [2.24, 2.45) is 29.6 Å². The Morgan fingerprint density at radius 1 is 1.25 bits per heavy atom. The van der Waals surface area contributed by atoms with E-state index in [1.807, 2.05) is 13.8 Å². The third-order valence-electron chi connectivity index (χ3n) is 6.78. The second-order valence-electron chi connectivity index (χ2n) is 10.1. The van der Waals surface area contributed by atoms with E-state index in [2.05, 4.69) is 28.1 Å². The molecule has 8 nitrogen and oxygen atoms in total. The Morgan fingerprint density at radius 2 is 2.06 bits per heavy atom. The first-order valence-electron chi connectivity index (χ1n) is 12.0. The number of alkyl carbamates (subject to hydrolysis) is 1. The third-order valence-corrected chi connectivity index (χ3v) is 6.78. The normalized spacial score (nSPS) is 28.5. The fraction of sp³-hybridized carbons (Fsp3) is 0.750. The molecule has 0 aromatic heterocycles. The molecule has 1 heterocycles. The van der Waals surface area contributed by atoms with Crippen molar-refractivity contribution in [3.63, 3.8) is 0 Å². The summed E-state index contributed by atoms with van der Waals surface area (Å²) >= 11 is 0. The van der Waals surface area contributed by atoms with Gasteiger partial charge in [-0.05, 0) is 68.6 Å². The molecule has 0 aromatic rings. The third kappa shape index (κ3) is 7.07. The summed E-state index contributed by atoms with van der Waals surface area (Å²) in [6.45, 7) is 4.87. The monoisotopic (exact) mass is 447 g/mol. The molecule has 2 aliphatic carbocycles. The molecule has 32 heavy (non-hydrogen) atoms. The van der Waals surface area contributed by atoms with E-state index >= 15 is 0 Å². The Kier molecular flexibility index (Phi) is 8.70. The van der Waals surface area contributed by atoms with Gasteiger partial charge in [0.25, 0.3) is 0 Å². The van der Waals surface area contributed by atoms with Crippen LogP contribution in [-0.4, -0.2) is 49.4 Å². The number of carbonyl (C=O) groups is 4. The molecule has 178 valence electrons. The van der Waals surface area contributed by atoms with Crippen molar-refractivity contribution in [1.29, 1.82) is 0 Å². The standard InChI is InChI=1S/C24H37N3O5/c1-15(2)8-21(23(30)26-20(13-28)12-19-6-7-25-22(19)29)27-24(31)32-14-18-10-16-4-3-5-17(9-16)11-18/h3-4,13,15-21H,5-12,14H2,1-2H3,(H,25,29)(H,26,30)(H,27,31)/t16-,17+,18?,19+,20+,21+/m1/s1. The quantitative estimate of drug-likeness (QED) is 0.351. The van der Waals surface area contributed by atoms with Gasteiger partial charge in [0.2, 0.25) is 11.8 Å². The lowest BCUT2D eigenvalue weighted by Gasteiger charge is -2.35. The highest BCUT2D eigenvalue weighted by molar-refractivity contribution is 5.88. The van der Waals surface area contributed by atoms with E-state index in [4.69, 9.17) is 4.74 Å². The molecule has 1 aliphatic heterocycles. The van der Waals surface area contributed by atoms with Crippen LogP contribution in [0.25, 0.3) is 0 Å². The number of aldehydes is 1. The highest BCUT2D eigenvalue weighted by atomic mass is 16.5. The Bertz CT molecular complexity index is 722. The van der Waals surface area contributed by atoms with Gasteiger partial charge < -0.3 is 25.5 Å². The molecule has 0 radical (unpaired) electrons. The first-order chi connectivity index (χ1) is 15.3. The highest BCUT2D eigenvalue weighted by Gasteiger charge is 2.32. The van der Waals surface area contributed by atoms with Gasteiger partial charge in [0.05, 0.1) is 12.6 Å².